The Balaban J connectivity index is 3.44. The van der Waals surface area contributed by atoms with E-state index in [1.54, 1.807) is 13.0 Å². The van der Waals surface area contributed by atoms with Gasteiger partial charge in [-0.2, -0.15) is 0 Å². The van der Waals surface area contributed by atoms with E-state index in [0.29, 0.717) is 6.42 Å². The Labute approximate surface area is 88.0 Å². The molecule has 0 amide bonds. The summed E-state index contributed by atoms with van der Waals surface area (Å²) in [6.45, 7) is 4.93. The second kappa shape index (κ2) is 7.61. The van der Waals surface area contributed by atoms with Crippen LogP contribution in [0.2, 0.25) is 0 Å². The summed E-state index contributed by atoms with van der Waals surface area (Å²) in [5.41, 5.74) is 0. The van der Waals surface area contributed by atoms with Crippen LogP contribution in [0.5, 0.6) is 0 Å². The highest BCUT2D eigenvalue weighted by atomic mass is 16.6. The first-order valence-electron chi connectivity index (χ1n) is 4.42. The van der Waals surface area contributed by atoms with Gasteiger partial charge in [-0.05, 0) is 13.5 Å². The molecule has 0 atom stereocenters. The lowest BCUT2D eigenvalue weighted by atomic mass is 10.5. The van der Waals surface area contributed by atoms with E-state index >= 15 is 0 Å². The molecule has 0 aromatic carbocycles. The van der Waals surface area contributed by atoms with Crippen LogP contribution >= 0.6 is 0 Å². The fourth-order valence-electron chi connectivity index (χ4n) is 0.664. The largest absolute Gasteiger partial charge is 0.502 e. The van der Waals surface area contributed by atoms with Gasteiger partial charge in [0.25, 0.3) is 0 Å². The molecule has 0 saturated heterocycles. The first-order chi connectivity index (χ1) is 7.07. The molecule has 0 aromatic heterocycles. The van der Waals surface area contributed by atoms with Gasteiger partial charge in [-0.25, -0.2) is 9.59 Å². The smallest absolute Gasteiger partial charge is 0.372 e. The minimum atomic E-state index is -0.866. The number of allylic oxidation sites excluding steroid dienone is 1. The molecule has 0 aliphatic heterocycles. The van der Waals surface area contributed by atoms with Crippen molar-refractivity contribution in [3.05, 3.63) is 24.5 Å². The fraction of sp³-hybridized carbons (Fsp3) is 0.400. The zero-order valence-corrected chi connectivity index (χ0v) is 8.56. The first-order valence-corrected chi connectivity index (χ1v) is 4.42. The van der Waals surface area contributed by atoms with E-state index in [2.05, 4.69) is 11.3 Å². The van der Waals surface area contributed by atoms with Crippen LogP contribution in [0, 0.1) is 0 Å². The third-order valence-electron chi connectivity index (χ3n) is 1.30. The van der Waals surface area contributed by atoms with Gasteiger partial charge >= 0.3 is 11.9 Å². The Hall–Kier alpha value is -1.78. The zero-order valence-electron chi connectivity index (χ0n) is 8.56. The van der Waals surface area contributed by atoms with Gasteiger partial charge in [0.15, 0.2) is 5.76 Å². The summed E-state index contributed by atoms with van der Waals surface area (Å²) in [5.74, 6) is -1.94. The topological polar surface area (TPSA) is 72.8 Å². The monoisotopic (exact) mass is 214 g/mol. The van der Waals surface area contributed by atoms with E-state index in [1.165, 1.54) is 6.08 Å². The summed E-state index contributed by atoms with van der Waals surface area (Å²) in [5, 5.41) is 8.57. The van der Waals surface area contributed by atoms with Crippen molar-refractivity contribution < 1.29 is 24.2 Å². The second-order valence-electron chi connectivity index (χ2n) is 2.60. The molecule has 0 saturated carbocycles. The summed E-state index contributed by atoms with van der Waals surface area (Å²) < 4.78 is 9.27. The molecule has 0 rings (SSSR count). The number of rotatable bonds is 6. The summed E-state index contributed by atoms with van der Waals surface area (Å²) in [6.07, 6.45) is 3.24. The quantitative estimate of drug-likeness (QED) is 0.310. The number of hydrogen-bond acceptors (Lipinski definition) is 5. The van der Waals surface area contributed by atoms with Crippen molar-refractivity contribution in [2.45, 2.75) is 13.3 Å². The molecular weight excluding hydrogens is 200 g/mol. The molecule has 0 aliphatic rings. The lowest BCUT2D eigenvalue weighted by Crippen LogP contribution is -2.10. The van der Waals surface area contributed by atoms with Crippen molar-refractivity contribution in [3.63, 3.8) is 0 Å². The molecule has 0 radical (unpaired) electrons. The number of carbonyl (C=O) groups excluding carboxylic acids is 2. The highest BCUT2D eigenvalue weighted by Crippen LogP contribution is 1.92. The molecule has 0 spiro atoms. The molecular formula is C10H14O5. The number of ether oxygens (including phenoxy) is 2. The Kier molecular flexibility index (Phi) is 6.70. The van der Waals surface area contributed by atoms with Gasteiger partial charge in [0.1, 0.15) is 0 Å². The van der Waals surface area contributed by atoms with Crippen molar-refractivity contribution >= 4 is 11.9 Å². The average molecular weight is 214 g/mol. The Morgan fingerprint density at radius 2 is 1.93 bits per heavy atom. The Bertz CT molecular complexity index is 267. The van der Waals surface area contributed by atoms with E-state index in [4.69, 9.17) is 9.84 Å². The molecule has 0 fully saturated rings. The van der Waals surface area contributed by atoms with E-state index in [9.17, 15) is 9.59 Å². The highest BCUT2D eigenvalue weighted by molar-refractivity contribution is 5.84. The minimum absolute atomic E-state index is 0.0710. The van der Waals surface area contributed by atoms with Gasteiger partial charge in [0.2, 0.25) is 0 Å². The second-order valence-corrected chi connectivity index (χ2v) is 2.60. The predicted octanol–water partition coefficient (Wildman–Crippen LogP) is 1.11. The van der Waals surface area contributed by atoms with Crippen LogP contribution in [0.15, 0.2) is 24.5 Å². The van der Waals surface area contributed by atoms with Crippen molar-refractivity contribution in [1.29, 1.82) is 0 Å². The molecule has 1 N–H and O–H groups in total. The standard InChI is InChI=1S/C10H14O5/c1-3-5-9(12)14-6-4-7-15-10(13)8(2)11/h3,5,11H,2,4,6-7H2,1H3. The number of aliphatic hydroxyl groups excluding tert-OH is 1. The maximum atomic E-state index is 10.8. The molecule has 84 valence electrons. The number of hydrogen-bond donors (Lipinski definition) is 1. The highest BCUT2D eigenvalue weighted by Gasteiger charge is 2.05. The SMILES string of the molecule is C=C(O)C(=O)OCCCOC(=O)C=CC. The third-order valence-corrected chi connectivity index (χ3v) is 1.30. The minimum Gasteiger partial charge on any atom is -0.502 e. The van der Waals surface area contributed by atoms with Gasteiger partial charge < -0.3 is 14.6 Å². The average Bonchev–Trinajstić information content (AvgIpc) is 2.17. The summed E-state index contributed by atoms with van der Waals surface area (Å²) >= 11 is 0. The van der Waals surface area contributed by atoms with Crippen molar-refractivity contribution in [2.75, 3.05) is 13.2 Å². The summed E-state index contributed by atoms with van der Waals surface area (Å²) in [7, 11) is 0. The first kappa shape index (κ1) is 13.2. The molecule has 0 bridgehead atoms. The van der Waals surface area contributed by atoms with Crippen molar-refractivity contribution in [1.82, 2.24) is 0 Å². The van der Waals surface area contributed by atoms with E-state index in [-0.39, 0.29) is 13.2 Å². The maximum Gasteiger partial charge on any atom is 0.372 e. The van der Waals surface area contributed by atoms with Crippen LogP contribution in [-0.4, -0.2) is 30.3 Å². The van der Waals surface area contributed by atoms with E-state index < -0.39 is 17.7 Å². The molecule has 5 nitrogen and oxygen atoms in total. The molecule has 5 heteroatoms. The zero-order chi connectivity index (χ0) is 11.7. The van der Waals surface area contributed by atoms with Crippen LogP contribution in [0.1, 0.15) is 13.3 Å². The van der Waals surface area contributed by atoms with Crippen LogP contribution in [0.3, 0.4) is 0 Å². The lowest BCUT2D eigenvalue weighted by Gasteiger charge is -2.03. The Morgan fingerprint density at radius 3 is 2.47 bits per heavy atom. The van der Waals surface area contributed by atoms with Gasteiger partial charge in [0, 0.05) is 12.5 Å². The predicted molar refractivity (Wildman–Crippen MR) is 53.1 cm³/mol. The third kappa shape index (κ3) is 7.30. The fourth-order valence-corrected chi connectivity index (χ4v) is 0.664. The van der Waals surface area contributed by atoms with Crippen molar-refractivity contribution in [2.24, 2.45) is 0 Å². The van der Waals surface area contributed by atoms with Gasteiger partial charge in [0.05, 0.1) is 13.2 Å². The number of carbonyl (C=O) groups is 2. The normalized spacial score (nSPS) is 9.93. The summed E-state index contributed by atoms with van der Waals surface area (Å²) in [4.78, 5) is 21.4. The van der Waals surface area contributed by atoms with Gasteiger partial charge in [-0.1, -0.05) is 6.08 Å². The maximum absolute atomic E-state index is 10.8. The van der Waals surface area contributed by atoms with Crippen molar-refractivity contribution in [3.8, 4) is 0 Å². The van der Waals surface area contributed by atoms with Gasteiger partial charge in [-0.3, -0.25) is 0 Å². The summed E-state index contributed by atoms with van der Waals surface area (Å²) in [6, 6.07) is 0. The van der Waals surface area contributed by atoms with Gasteiger partial charge in [-0.15, -0.1) is 0 Å². The Morgan fingerprint density at radius 1 is 1.33 bits per heavy atom. The molecule has 0 heterocycles. The number of esters is 2. The molecule has 15 heavy (non-hydrogen) atoms. The van der Waals surface area contributed by atoms with E-state index in [0.717, 1.165) is 0 Å². The molecule has 0 unspecified atom stereocenters. The molecule has 0 aliphatic carbocycles. The van der Waals surface area contributed by atoms with Crippen LogP contribution in [-0.2, 0) is 19.1 Å². The van der Waals surface area contributed by atoms with Crippen LogP contribution < -0.4 is 0 Å². The van der Waals surface area contributed by atoms with E-state index in [1.807, 2.05) is 0 Å². The van der Waals surface area contributed by atoms with Crippen LogP contribution in [0.25, 0.3) is 0 Å². The van der Waals surface area contributed by atoms with Crippen LogP contribution in [0.4, 0.5) is 0 Å². The number of aliphatic hydroxyl groups is 1. The lowest BCUT2D eigenvalue weighted by molar-refractivity contribution is -0.143. The molecule has 0 aromatic rings.